The van der Waals surface area contributed by atoms with Crippen LogP contribution in [0.5, 0.6) is 0 Å². The predicted octanol–water partition coefficient (Wildman–Crippen LogP) is 2.17. The number of hydrogen-bond acceptors (Lipinski definition) is 5. The van der Waals surface area contributed by atoms with Crippen molar-refractivity contribution >= 4 is 17.0 Å². The zero-order chi connectivity index (χ0) is 19.0. The molecule has 0 N–H and O–H groups in total. The molecule has 0 spiro atoms. The van der Waals surface area contributed by atoms with Crippen molar-refractivity contribution in [2.45, 2.75) is 39.0 Å². The Morgan fingerprint density at radius 3 is 2.59 bits per heavy atom. The van der Waals surface area contributed by atoms with Crippen LogP contribution >= 0.6 is 0 Å². The van der Waals surface area contributed by atoms with E-state index in [-0.39, 0.29) is 17.2 Å². The van der Waals surface area contributed by atoms with Gasteiger partial charge in [-0.2, -0.15) is 0 Å². The molecule has 0 aromatic carbocycles. The predicted molar refractivity (Wildman–Crippen MR) is 103 cm³/mol. The molecule has 1 aliphatic carbocycles. The van der Waals surface area contributed by atoms with Crippen molar-refractivity contribution in [3.8, 4) is 0 Å². The number of furan rings is 1. The standard InChI is InChI=1S/C20H28N4O3/c1-14-16(17-18(27-14)21-13-22(2)19(17)25)20(26)24-10-8-23(9-11-24)12-15-6-4-3-5-7-15/h13,15H,3-12H2,1-2H3. The highest BCUT2D eigenvalue weighted by molar-refractivity contribution is 6.06. The highest BCUT2D eigenvalue weighted by atomic mass is 16.3. The number of nitrogens with zero attached hydrogens (tertiary/aromatic N) is 4. The van der Waals surface area contributed by atoms with Gasteiger partial charge in [-0.25, -0.2) is 4.98 Å². The van der Waals surface area contributed by atoms with Gasteiger partial charge < -0.3 is 13.9 Å². The Kier molecular flexibility index (Phi) is 5.04. The Morgan fingerprint density at radius 2 is 1.89 bits per heavy atom. The maximum Gasteiger partial charge on any atom is 0.265 e. The average Bonchev–Trinajstić information content (AvgIpc) is 3.02. The number of piperazine rings is 1. The number of hydrogen-bond donors (Lipinski definition) is 0. The summed E-state index contributed by atoms with van der Waals surface area (Å²) in [4.78, 5) is 34.1. The summed E-state index contributed by atoms with van der Waals surface area (Å²) in [7, 11) is 1.63. The van der Waals surface area contributed by atoms with Gasteiger partial charge in [-0.05, 0) is 25.7 Å². The summed E-state index contributed by atoms with van der Waals surface area (Å²) >= 11 is 0. The first-order valence-electron chi connectivity index (χ1n) is 10.0. The molecule has 0 unspecified atom stereocenters. The molecule has 2 aliphatic rings. The summed E-state index contributed by atoms with van der Waals surface area (Å²) < 4.78 is 6.97. The lowest BCUT2D eigenvalue weighted by molar-refractivity contribution is 0.0606. The lowest BCUT2D eigenvalue weighted by Crippen LogP contribution is -2.50. The summed E-state index contributed by atoms with van der Waals surface area (Å²) in [6, 6.07) is 0. The van der Waals surface area contributed by atoms with Gasteiger partial charge in [0.15, 0.2) is 0 Å². The minimum Gasteiger partial charge on any atom is -0.442 e. The van der Waals surface area contributed by atoms with Crippen molar-refractivity contribution in [1.29, 1.82) is 0 Å². The molecule has 1 saturated heterocycles. The molecule has 0 radical (unpaired) electrons. The van der Waals surface area contributed by atoms with Crippen molar-refractivity contribution in [1.82, 2.24) is 19.4 Å². The lowest BCUT2D eigenvalue weighted by Gasteiger charge is -2.37. The van der Waals surface area contributed by atoms with Crippen molar-refractivity contribution in [2.75, 3.05) is 32.7 Å². The Bertz CT molecular complexity index is 886. The molecule has 146 valence electrons. The molecule has 2 aromatic rings. The van der Waals surface area contributed by atoms with Gasteiger partial charge in [-0.15, -0.1) is 0 Å². The Hall–Kier alpha value is -2.15. The second-order valence-electron chi connectivity index (χ2n) is 7.97. The summed E-state index contributed by atoms with van der Waals surface area (Å²) in [5.41, 5.74) is 0.380. The summed E-state index contributed by atoms with van der Waals surface area (Å²) in [6.07, 6.45) is 8.21. The Balaban J connectivity index is 1.47. The minimum absolute atomic E-state index is 0.117. The second kappa shape index (κ2) is 7.46. The van der Waals surface area contributed by atoms with Crippen molar-refractivity contribution in [3.63, 3.8) is 0 Å². The number of carbonyl (C=O) groups is 1. The van der Waals surface area contributed by atoms with Crippen LogP contribution < -0.4 is 5.56 Å². The number of rotatable bonds is 3. The van der Waals surface area contributed by atoms with Crippen LogP contribution in [0.2, 0.25) is 0 Å². The molecule has 7 nitrogen and oxygen atoms in total. The summed E-state index contributed by atoms with van der Waals surface area (Å²) in [6.45, 7) is 6.06. The molecule has 1 amide bonds. The van der Waals surface area contributed by atoms with E-state index in [1.54, 1.807) is 14.0 Å². The molecular formula is C20H28N4O3. The number of fused-ring (bicyclic) bond motifs is 1. The van der Waals surface area contributed by atoms with Gasteiger partial charge in [0.2, 0.25) is 5.71 Å². The van der Waals surface area contributed by atoms with Crippen molar-refractivity contribution in [3.05, 3.63) is 28.0 Å². The van der Waals surface area contributed by atoms with E-state index in [0.29, 0.717) is 29.8 Å². The van der Waals surface area contributed by atoms with Gasteiger partial charge in [-0.3, -0.25) is 14.5 Å². The molecule has 2 fully saturated rings. The monoisotopic (exact) mass is 372 g/mol. The van der Waals surface area contributed by atoms with Gasteiger partial charge in [-0.1, -0.05) is 19.3 Å². The summed E-state index contributed by atoms with van der Waals surface area (Å²) in [5.74, 6) is 1.17. The molecule has 0 atom stereocenters. The molecule has 2 aromatic heterocycles. The smallest absolute Gasteiger partial charge is 0.265 e. The highest BCUT2D eigenvalue weighted by Crippen LogP contribution is 2.26. The van der Waals surface area contributed by atoms with Crippen LogP contribution in [0.4, 0.5) is 0 Å². The molecule has 0 bridgehead atoms. The SMILES string of the molecule is Cc1oc2ncn(C)c(=O)c2c1C(=O)N1CCN(CC2CCCCC2)CC1. The van der Waals surface area contributed by atoms with E-state index in [1.165, 1.54) is 43.0 Å². The van der Waals surface area contributed by atoms with Crippen LogP contribution in [-0.2, 0) is 7.05 Å². The Labute approximate surface area is 158 Å². The average molecular weight is 372 g/mol. The van der Waals surface area contributed by atoms with E-state index in [4.69, 9.17) is 4.42 Å². The first kappa shape index (κ1) is 18.2. The van der Waals surface area contributed by atoms with E-state index in [0.717, 1.165) is 25.6 Å². The highest BCUT2D eigenvalue weighted by Gasteiger charge is 2.29. The Morgan fingerprint density at radius 1 is 1.19 bits per heavy atom. The second-order valence-corrected chi connectivity index (χ2v) is 7.97. The number of aromatic nitrogens is 2. The fourth-order valence-corrected chi connectivity index (χ4v) is 4.47. The molecule has 1 aliphatic heterocycles. The van der Waals surface area contributed by atoms with Crippen LogP contribution in [0.1, 0.15) is 48.2 Å². The minimum atomic E-state index is -0.240. The van der Waals surface area contributed by atoms with Crippen LogP contribution in [0.3, 0.4) is 0 Å². The molecular weight excluding hydrogens is 344 g/mol. The van der Waals surface area contributed by atoms with E-state index < -0.39 is 0 Å². The number of aryl methyl sites for hydroxylation is 2. The first-order chi connectivity index (χ1) is 13.0. The third kappa shape index (κ3) is 3.52. The van der Waals surface area contributed by atoms with Crippen molar-refractivity contribution < 1.29 is 9.21 Å². The molecule has 4 rings (SSSR count). The zero-order valence-electron chi connectivity index (χ0n) is 16.2. The number of amides is 1. The third-order valence-corrected chi connectivity index (χ3v) is 6.06. The lowest BCUT2D eigenvalue weighted by atomic mass is 9.89. The van der Waals surface area contributed by atoms with Gasteiger partial charge in [0.1, 0.15) is 17.5 Å². The molecule has 27 heavy (non-hydrogen) atoms. The van der Waals surface area contributed by atoms with Gasteiger partial charge >= 0.3 is 0 Å². The largest absolute Gasteiger partial charge is 0.442 e. The van der Waals surface area contributed by atoms with Gasteiger partial charge in [0.05, 0.1) is 5.56 Å². The topological polar surface area (TPSA) is 71.6 Å². The van der Waals surface area contributed by atoms with E-state index >= 15 is 0 Å². The maximum absolute atomic E-state index is 13.1. The molecule has 1 saturated carbocycles. The van der Waals surface area contributed by atoms with Crippen LogP contribution in [0, 0.1) is 12.8 Å². The maximum atomic E-state index is 13.1. The van der Waals surface area contributed by atoms with Crippen LogP contribution in [0.15, 0.2) is 15.5 Å². The first-order valence-corrected chi connectivity index (χ1v) is 10.0. The normalized spacial score (nSPS) is 19.7. The zero-order valence-corrected chi connectivity index (χ0v) is 16.2. The van der Waals surface area contributed by atoms with Crippen LogP contribution in [-0.4, -0.2) is 58.0 Å². The van der Waals surface area contributed by atoms with Gasteiger partial charge in [0.25, 0.3) is 11.5 Å². The quantitative estimate of drug-likeness (QED) is 0.826. The van der Waals surface area contributed by atoms with Gasteiger partial charge in [0, 0.05) is 39.8 Å². The van der Waals surface area contributed by atoms with E-state index in [2.05, 4.69) is 9.88 Å². The molecule has 3 heterocycles. The third-order valence-electron chi connectivity index (χ3n) is 6.06. The number of carbonyl (C=O) groups excluding carboxylic acids is 1. The van der Waals surface area contributed by atoms with Crippen LogP contribution in [0.25, 0.3) is 11.1 Å². The molecule has 7 heteroatoms. The van der Waals surface area contributed by atoms with E-state index in [9.17, 15) is 9.59 Å². The fourth-order valence-electron chi connectivity index (χ4n) is 4.47. The fraction of sp³-hybridized carbons (Fsp3) is 0.650. The van der Waals surface area contributed by atoms with Crippen molar-refractivity contribution in [2.24, 2.45) is 13.0 Å². The summed E-state index contributed by atoms with van der Waals surface area (Å²) in [5, 5.41) is 0.298. The van der Waals surface area contributed by atoms with E-state index in [1.807, 2.05) is 4.90 Å².